The molecule has 0 fully saturated rings. The molecule has 0 aliphatic heterocycles. The summed E-state index contributed by atoms with van der Waals surface area (Å²) in [5.74, 6) is 0. The van der Waals surface area contributed by atoms with Gasteiger partial charge in [0, 0.05) is 9.93 Å². The molecule has 2 rings (SSSR count). The fourth-order valence-corrected chi connectivity index (χ4v) is 3.18. The average molecular weight is 307 g/mol. The lowest BCUT2D eigenvalue weighted by Crippen LogP contribution is -2.04. The highest BCUT2D eigenvalue weighted by molar-refractivity contribution is 7.95. The van der Waals surface area contributed by atoms with Gasteiger partial charge >= 0.3 is 0 Å². The van der Waals surface area contributed by atoms with E-state index in [1.807, 2.05) is 12.1 Å². The zero-order chi connectivity index (χ0) is 14.6. The monoisotopic (exact) mass is 306 g/mol. The van der Waals surface area contributed by atoms with Gasteiger partial charge in [-0.15, -0.1) is 0 Å². The summed E-state index contributed by atoms with van der Waals surface area (Å²) in [5, 5.41) is 0.671. The minimum absolute atomic E-state index is 0.235. The Morgan fingerprint density at radius 1 is 1.00 bits per heavy atom. The quantitative estimate of drug-likeness (QED) is 0.827. The molecule has 0 aliphatic carbocycles. The Labute approximate surface area is 124 Å². The van der Waals surface area contributed by atoms with Crippen LogP contribution in [-0.2, 0) is 16.3 Å². The number of sulfone groups is 1. The molecule has 0 unspecified atom stereocenters. The summed E-state index contributed by atoms with van der Waals surface area (Å²) in [4.78, 5) is 0.528. The summed E-state index contributed by atoms with van der Waals surface area (Å²) in [6, 6.07) is 15.8. The van der Waals surface area contributed by atoms with Gasteiger partial charge in [0.15, 0.2) is 0 Å². The third kappa shape index (κ3) is 3.50. The topological polar surface area (TPSA) is 34.1 Å². The minimum atomic E-state index is -3.44. The van der Waals surface area contributed by atoms with E-state index in [-0.39, 0.29) is 4.91 Å². The van der Waals surface area contributed by atoms with Crippen LogP contribution in [0.3, 0.4) is 0 Å². The molecule has 2 aromatic rings. The molecule has 0 saturated heterocycles. The summed E-state index contributed by atoms with van der Waals surface area (Å²) in [5.41, 5.74) is 1.04. The van der Waals surface area contributed by atoms with Gasteiger partial charge in [-0.05, 0) is 42.7 Å². The lowest BCUT2D eigenvalue weighted by Gasteiger charge is -2.08. The molecule has 0 heterocycles. The zero-order valence-corrected chi connectivity index (χ0v) is 12.5. The lowest BCUT2D eigenvalue weighted by molar-refractivity contribution is 0.600. The number of allylic oxidation sites excluding steroid dienone is 1. The second-order valence-electron chi connectivity index (χ2n) is 4.48. The molecule has 104 valence electrons. The van der Waals surface area contributed by atoms with Crippen molar-refractivity contribution in [1.29, 1.82) is 0 Å². The molecular weight excluding hydrogens is 292 g/mol. The molecule has 4 heteroatoms. The second kappa shape index (κ2) is 6.25. The zero-order valence-electron chi connectivity index (χ0n) is 10.9. The number of hydrogen-bond donors (Lipinski definition) is 0. The Balaban J connectivity index is 2.07. The van der Waals surface area contributed by atoms with E-state index in [0.717, 1.165) is 5.56 Å². The first-order valence-electron chi connectivity index (χ1n) is 6.22. The van der Waals surface area contributed by atoms with Crippen molar-refractivity contribution in [3.63, 3.8) is 0 Å². The van der Waals surface area contributed by atoms with Crippen molar-refractivity contribution in [3.05, 3.63) is 76.7 Å². The molecule has 0 saturated carbocycles. The molecular formula is C16H15ClO2S. The maximum atomic E-state index is 12.3. The van der Waals surface area contributed by atoms with Crippen molar-refractivity contribution in [2.75, 3.05) is 0 Å². The Morgan fingerprint density at radius 3 is 2.20 bits per heavy atom. The lowest BCUT2D eigenvalue weighted by atomic mass is 10.1. The third-order valence-electron chi connectivity index (χ3n) is 3.04. The smallest absolute Gasteiger partial charge is 0.202 e. The predicted molar refractivity (Wildman–Crippen MR) is 82.5 cm³/mol. The molecule has 0 aromatic heterocycles. The highest BCUT2D eigenvalue weighted by Gasteiger charge is 2.17. The van der Waals surface area contributed by atoms with Crippen LogP contribution in [-0.4, -0.2) is 8.42 Å². The van der Waals surface area contributed by atoms with Gasteiger partial charge < -0.3 is 0 Å². The summed E-state index contributed by atoms with van der Waals surface area (Å²) < 4.78 is 24.6. The normalized spacial score (nSPS) is 11.2. The number of hydrogen-bond acceptors (Lipinski definition) is 2. The summed E-state index contributed by atoms with van der Waals surface area (Å²) in [6.07, 6.45) is 1.03. The van der Waals surface area contributed by atoms with Gasteiger partial charge in [-0.1, -0.05) is 48.5 Å². The Morgan fingerprint density at radius 2 is 1.60 bits per heavy atom. The summed E-state index contributed by atoms with van der Waals surface area (Å²) in [7, 11) is -3.44. The van der Waals surface area contributed by atoms with Crippen LogP contribution in [0.4, 0.5) is 0 Å². The van der Waals surface area contributed by atoms with Crippen molar-refractivity contribution in [2.45, 2.75) is 17.7 Å². The maximum Gasteiger partial charge on any atom is 0.202 e. The summed E-state index contributed by atoms with van der Waals surface area (Å²) in [6.45, 7) is 3.72. The highest BCUT2D eigenvalue weighted by atomic mass is 35.5. The first kappa shape index (κ1) is 14.8. The van der Waals surface area contributed by atoms with E-state index in [1.54, 1.807) is 42.5 Å². The summed E-state index contributed by atoms with van der Waals surface area (Å²) >= 11 is 5.81. The first-order chi connectivity index (χ1) is 9.50. The molecule has 2 nitrogen and oxygen atoms in total. The van der Waals surface area contributed by atoms with Gasteiger partial charge in [-0.2, -0.15) is 0 Å². The van der Waals surface area contributed by atoms with Crippen molar-refractivity contribution in [1.82, 2.24) is 0 Å². The van der Waals surface area contributed by atoms with Crippen LogP contribution in [0, 0.1) is 0 Å². The van der Waals surface area contributed by atoms with E-state index in [4.69, 9.17) is 11.6 Å². The standard InChI is InChI=1S/C16H15ClO2S/c1-13(7-8-14-9-11-15(17)12-10-14)20(18,19)16-5-3-2-4-6-16/h2-6,9-12H,1,7-8H2. The molecule has 0 N–H and O–H groups in total. The van der Waals surface area contributed by atoms with Crippen molar-refractivity contribution >= 4 is 21.4 Å². The molecule has 0 atom stereocenters. The van der Waals surface area contributed by atoms with E-state index < -0.39 is 9.84 Å². The largest absolute Gasteiger partial charge is 0.219 e. The van der Waals surface area contributed by atoms with Gasteiger partial charge in [0.05, 0.1) is 4.90 Å². The van der Waals surface area contributed by atoms with Crippen LogP contribution < -0.4 is 0 Å². The van der Waals surface area contributed by atoms with E-state index in [0.29, 0.717) is 22.8 Å². The number of aryl methyl sites for hydroxylation is 1. The molecule has 20 heavy (non-hydrogen) atoms. The molecule has 0 aliphatic rings. The average Bonchev–Trinajstić information content (AvgIpc) is 2.47. The van der Waals surface area contributed by atoms with E-state index >= 15 is 0 Å². The SMILES string of the molecule is C=C(CCc1ccc(Cl)cc1)S(=O)(=O)c1ccccc1. The van der Waals surface area contributed by atoms with Gasteiger partial charge in [-0.3, -0.25) is 0 Å². The third-order valence-corrected chi connectivity index (χ3v) is 5.15. The predicted octanol–water partition coefficient (Wildman–Crippen LogP) is 4.26. The van der Waals surface area contributed by atoms with Crippen LogP contribution in [0.25, 0.3) is 0 Å². The first-order valence-corrected chi connectivity index (χ1v) is 8.08. The van der Waals surface area contributed by atoms with Crippen LogP contribution in [0.2, 0.25) is 5.02 Å². The van der Waals surface area contributed by atoms with Gasteiger partial charge in [-0.25, -0.2) is 8.42 Å². The Bertz CT molecular complexity index is 689. The van der Waals surface area contributed by atoms with Crippen LogP contribution in [0.1, 0.15) is 12.0 Å². The van der Waals surface area contributed by atoms with Gasteiger partial charge in [0.2, 0.25) is 9.84 Å². The van der Waals surface area contributed by atoms with Gasteiger partial charge in [0.25, 0.3) is 0 Å². The molecule has 0 spiro atoms. The molecule has 0 bridgehead atoms. The fraction of sp³-hybridized carbons (Fsp3) is 0.125. The highest BCUT2D eigenvalue weighted by Crippen LogP contribution is 2.22. The van der Waals surface area contributed by atoms with Gasteiger partial charge in [0.1, 0.15) is 0 Å². The van der Waals surface area contributed by atoms with Crippen LogP contribution >= 0.6 is 11.6 Å². The molecule has 2 aromatic carbocycles. The number of rotatable bonds is 5. The van der Waals surface area contributed by atoms with Crippen LogP contribution in [0.5, 0.6) is 0 Å². The maximum absolute atomic E-state index is 12.3. The van der Waals surface area contributed by atoms with Crippen LogP contribution in [0.15, 0.2) is 71.0 Å². The number of benzene rings is 2. The second-order valence-corrected chi connectivity index (χ2v) is 6.97. The van der Waals surface area contributed by atoms with E-state index in [1.165, 1.54) is 0 Å². The molecule has 0 amide bonds. The van der Waals surface area contributed by atoms with Crippen molar-refractivity contribution in [2.24, 2.45) is 0 Å². The Hall–Kier alpha value is -1.58. The minimum Gasteiger partial charge on any atom is -0.219 e. The van der Waals surface area contributed by atoms with E-state index in [9.17, 15) is 8.42 Å². The fourth-order valence-electron chi connectivity index (χ4n) is 1.84. The van der Waals surface area contributed by atoms with Crippen molar-refractivity contribution < 1.29 is 8.42 Å². The van der Waals surface area contributed by atoms with E-state index in [2.05, 4.69) is 6.58 Å². The Kier molecular flexibility index (Phi) is 4.63. The number of halogens is 1. The van der Waals surface area contributed by atoms with Crippen molar-refractivity contribution in [3.8, 4) is 0 Å². The molecule has 0 radical (unpaired) electrons.